The summed E-state index contributed by atoms with van der Waals surface area (Å²) in [4.78, 5) is 0. The maximum absolute atomic E-state index is 6.49. The minimum Gasteiger partial charge on any atom is -0.465 e. The van der Waals surface area contributed by atoms with Gasteiger partial charge in [-0.1, -0.05) is 53.5 Å². The van der Waals surface area contributed by atoms with Crippen LogP contribution in [0.4, 0.5) is 0 Å². The van der Waals surface area contributed by atoms with Crippen LogP contribution in [0.2, 0.25) is 10.0 Å². The van der Waals surface area contributed by atoms with Gasteiger partial charge in [0.1, 0.15) is 5.75 Å². The molecule has 2 aliphatic heterocycles. The highest BCUT2D eigenvalue weighted by Gasteiger charge is 2.52. The SMILES string of the molecule is Clc1cc(Cl)c2c(c1)[C@@H]1CC(c3ccccc3)=NN1C1(CCCC1)O2. The average Bonchev–Trinajstić information content (AvgIpc) is 3.26. The summed E-state index contributed by atoms with van der Waals surface area (Å²) in [5, 5.41) is 8.44. The number of nitrogens with zero attached hydrogens (tertiary/aromatic N) is 2. The average molecular weight is 373 g/mol. The molecule has 1 spiro atoms. The van der Waals surface area contributed by atoms with E-state index in [2.05, 4.69) is 29.3 Å². The molecule has 128 valence electrons. The molecule has 0 radical (unpaired) electrons. The monoisotopic (exact) mass is 372 g/mol. The lowest BCUT2D eigenvalue weighted by Gasteiger charge is -2.46. The summed E-state index contributed by atoms with van der Waals surface area (Å²) >= 11 is 12.8. The highest BCUT2D eigenvalue weighted by Crippen LogP contribution is 2.54. The normalized spacial score (nSPS) is 23.2. The van der Waals surface area contributed by atoms with Gasteiger partial charge in [0.2, 0.25) is 0 Å². The molecule has 1 fully saturated rings. The van der Waals surface area contributed by atoms with Crippen molar-refractivity contribution in [3.63, 3.8) is 0 Å². The number of hydrogen-bond donors (Lipinski definition) is 0. The molecule has 0 N–H and O–H groups in total. The van der Waals surface area contributed by atoms with Crippen molar-refractivity contribution < 1.29 is 4.74 Å². The Bertz CT molecular complexity index is 859. The maximum atomic E-state index is 6.49. The van der Waals surface area contributed by atoms with E-state index in [1.54, 1.807) is 6.07 Å². The number of ether oxygens (including phenoxy) is 1. The Kier molecular flexibility index (Phi) is 3.51. The molecule has 0 bridgehead atoms. The van der Waals surface area contributed by atoms with Crippen LogP contribution in [-0.4, -0.2) is 16.4 Å². The molecule has 2 heterocycles. The van der Waals surface area contributed by atoms with Gasteiger partial charge in [0.05, 0.1) is 16.8 Å². The van der Waals surface area contributed by atoms with Gasteiger partial charge < -0.3 is 4.74 Å². The number of halogens is 2. The second-order valence-electron chi connectivity index (χ2n) is 7.04. The molecule has 2 aromatic carbocycles. The molecule has 1 saturated carbocycles. The van der Waals surface area contributed by atoms with Crippen LogP contribution in [0.15, 0.2) is 47.6 Å². The summed E-state index contributed by atoms with van der Waals surface area (Å²) in [6.45, 7) is 0. The van der Waals surface area contributed by atoms with Crippen molar-refractivity contribution in [1.82, 2.24) is 5.01 Å². The van der Waals surface area contributed by atoms with Gasteiger partial charge in [0, 0.05) is 29.8 Å². The lowest BCUT2D eigenvalue weighted by Crippen LogP contribution is -2.51. The Morgan fingerprint density at radius 1 is 1.08 bits per heavy atom. The first-order chi connectivity index (χ1) is 12.2. The van der Waals surface area contributed by atoms with E-state index in [-0.39, 0.29) is 11.8 Å². The Morgan fingerprint density at radius 2 is 1.84 bits per heavy atom. The number of hydrogen-bond acceptors (Lipinski definition) is 3. The summed E-state index contributed by atoms with van der Waals surface area (Å²) in [6, 6.07) is 14.3. The second kappa shape index (κ2) is 5.65. The van der Waals surface area contributed by atoms with Gasteiger partial charge in [-0.3, -0.25) is 0 Å². The van der Waals surface area contributed by atoms with E-state index in [1.165, 1.54) is 5.56 Å². The van der Waals surface area contributed by atoms with Gasteiger partial charge in [-0.25, -0.2) is 5.01 Å². The van der Waals surface area contributed by atoms with Crippen molar-refractivity contribution in [2.24, 2.45) is 5.10 Å². The van der Waals surface area contributed by atoms with Crippen molar-refractivity contribution >= 4 is 28.9 Å². The van der Waals surface area contributed by atoms with Crippen molar-refractivity contribution in [1.29, 1.82) is 0 Å². The second-order valence-corrected chi connectivity index (χ2v) is 7.88. The van der Waals surface area contributed by atoms with Gasteiger partial charge in [-0.05, 0) is 30.5 Å². The van der Waals surface area contributed by atoms with Crippen LogP contribution < -0.4 is 4.74 Å². The standard InChI is InChI=1S/C20H18Cl2N2O/c21-14-10-15-18-12-17(13-6-2-1-3-7-13)23-24(18)20(8-4-5-9-20)25-19(15)16(22)11-14/h1-3,6-7,10-11,18H,4-5,8-9,12H2/t18-/m0/s1. The first-order valence-corrected chi connectivity index (χ1v) is 9.52. The predicted molar refractivity (Wildman–Crippen MR) is 100 cm³/mol. The summed E-state index contributed by atoms with van der Waals surface area (Å²) in [5.41, 5.74) is 2.94. The maximum Gasteiger partial charge on any atom is 0.198 e. The number of fused-ring (bicyclic) bond motifs is 4. The Labute approximate surface area is 157 Å². The summed E-state index contributed by atoms with van der Waals surface area (Å²) in [6.07, 6.45) is 5.11. The molecule has 5 heteroatoms. The van der Waals surface area contributed by atoms with E-state index < -0.39 is 0 Å². The predicted octanol–water partition coefficient (Wildman–Crippen LogP) is 5.81. The molecule has 2 aromatic rings. The first kappa shape index (κ1) is 15.5. The van der Waals surface area contributed by atoms with Crippen LogP contribution >= 0.6 is 23.2 Å². The quantitative estimate of drug-likeness (QED) is 0.630. The molecule has 3 aliphatic rings. The Hall–Kier alpha value is -1.71. The largest absolute Gasteiger partial charge is 0.465 e. The Morgan fingerprint density at radius 3 is 2.60 bits per heavy atom. The highest BCUT2D eigenvalue weighted by molar-refractivity contribution is 6.35. The van der Waals surface area contributed by atoms with Gasteiger partial charge in [0.15, 0.2) is 5.72 Å². The molecule has 0 saturated heterocycles. The molecular weight excluding hydrogens is 355 g/mol. The topological polar surface area (TPSA) is 24.8 Å². The fourth-order valence-electron chi connectivity index (χ4n) is 4.36. The molecule has 0 aromatic heterocycles. The zero-order chi connectivity index (χ0) is 17.0. The summed E-state index contributed by atoms with van der Waals surface area (Å²) in [7, 11) is 0. The van der Waals surface area contributed by atoms with Crippen molar-refractivity contribution in [3.05, 3.63) is 63.6 Å². The minimum atomic E-state index is -0.369. The van der Waals surface area contributed by atoms with E-state index in [0.29, 0.717) is 10.0 Å². The van der Waals surface area contributed by atoms with Crippen molar-refractivity contribution in [2.45, 2.75) is 43.9 Å². The number of hydrazone groups is 1. The molecule has 0 amide bonds. The van der Waals surface area contributed by atoms with Crippen LogP contribution in [0.1, 0.15) is 49.3 Å². The third kappa shape index (κ3) is 2.37. The van der Waals surface area contributed by atoms with Crippen LogP contribution in [0, 0.1) is 0 Å². The molecule has 0 unspecified atom stereocenters. The summed E-state index contributed by atoms with van der Waals surface area (Å²) < 4.78 is 6.49. The van der Waals surface area contributed by atoms with Gasteiger partial charge in [-0.15, -0.1) is 0 Å². The molecule has 1 aliphatic carbocycles. The molecule has 25 heavy (non-hydrogen) atoms. The molecule has 1 atom stereocenters. The molecule has 5 rings (SSSR count). The smallest absolute Gasteiger partial charge is 0.198 e. The van der Waals surface area contributed by atoms with Gasteiger partial charge >= 0.3 is 0 Å². The lowest BCUT2D eigenvalue weighted by molar-refractivity contribution is -0.114. The van der Waals surface area contributed by atoms with Crippen LogP contribution in [0.25, 0.3) is 0 Å². The highest BCUT2D eigenvalue weighted by atomic mass is 35.5. The van der Waals surface area contributed by atoms with E-state index in [0.717, 1.165) is 49.1 Å². The van der Waals surface area contributed by atoms with Gasteiger partial charge in [-0.2, -0.15) is 5.10 Å². The van der Waals surface area contributed by atoms with Crippen LogP contribution in [0.5, 0.6) is 5.75 Å². The van der Waals surface area contributed by atoms with Gasteiger partial charge in [0.25, 0.3) is 0 Å². The van der Waals surface area contributed by atoms with E-state index >= 15 is 0 Å². The lowest BCUT2D eigenvalue weighted by atomic mass is 9.94. The van der Waals surface area contributed by atoms with E-state index in [1.807, 2.05) is 12.1 Å². The molecule has 3 nitrogen and oxygen atoms in total. The fourth-order valence-corrected chi connectivity index (χ4v) is 4.91. The number of benzene rings is 2. The summed E-state index contributed by atoms with van der Waals surface area (Å²) in [5.74, 6) is 0.790. The van der Waals surface area contributed by atoms with E-state index in [9.17, 15) is 0 Å². The zero-order valence-corrected chi connectivity index (χ0v) is 15.2. The van der Waals surface area contributed by atoms with Crippen molar-refractivity contribution in [3.8, 4) is 5.75 Å². The van der Waals surface area contributed by atoms with E-state index in [4.69, 9.17) is 33.0 Å². The minimum absolute atomic E-state index is 0.133. The third-order valence-corrected chi connectivity index (χ3v) is 6.01. The zero-order valence-electron chi connectivity index (χ0n) is 13.7. The van der Waals surface area contributed by atoms with Crippen molar-refractivity contribution in [2.75, 3.05) is 0 Å². The third-order valence-electron chi connectivity index (χ3n) is 5.51. The Balaban J connectivity index is 1.65. The van der Waals surface area contributed by atoms with Crippen LogP contribution in [-0.2, 0) is 0 Å². The van der Waals surface area contributed by atoms with Crippen LogP contribution in [0.3, 0.4) is 0 Å². The number of rotatable bonds is 1. The fraction of sp³-hybridized carbons (Fsp3) is 0.350. The molecular formula is C20H18Cl2N2O. The first-order valence-electron chi connectivity index (χ1n) is 8.76.